The van der Waals surface area contributed by atoms with Gasteiger partial charge in [-0.1, -0.05) is 13.8 Å². The van der Waals surface area contributed by atoms with E-state index in [1.807, 2.05) is 11.6 Å². The quantitative estimate of drug-likeness (QED) is 0.318. The van der Waals surface area contributed by atoms with E-state index >= 15 is 0 Å². The van der Waals surface area contributed by atoms with Gasteiger partial charge in [-0.15, -0.1) is 11.3 Å². The molecule has 0 amide bonds. The monoisotopic (exact) mass is 549 g/mol. The van der Waals surface area contributed by atoms with Crippen molar-refractivity contribution in [3.05, 3.63) is 57.3 Å². The minimum Gasteiger partial charge on any atom is -0.493 e. The molecule has 3 aromatic rings. The maximum absolute atomic E-state index is 13.1. The molecule has 1 fully saturated rings. The van der Waals surface area contributed by atoms with Crippen molar-refractivity contribution in [2.45, 2.75) is 66.0 Å². The second kappa shape index (κ2) is 11.6. The number of aromatic nitrogens is 2. The van der Waals surface area contributed by atoms with Gasteiger partial charge in [0.2, 0.25) is 0 Å². The summed E-state index contributed by atoms with van der Waals surface area (Å²) in [5.74, 6) is 1.11. The van der Waals surface area contributed by atoms with Gasteiger partial charge in [-0.05, 0) is 82.7 Å². The lowest BCUT2D eigenvalue weighted by Gasteiger charge is -2.35. The Labute approximate surface area is 234 Å². The van der Waals surface area contributed by atoms with Crippen molar-refractivity contribution in [1.82, 2.24) is 14.5 Å². The van der Waals surface area contributed by atoms with E-state index in [1.165, 1.54) is 0 Å². The van der Waals surface area contributed by atoms with Crippen molar-refractivity contribution >= 4 is 17.3 Å². The molecule has 0 aliphatic carbocycles. The Morgan fingerprint density at radius 2 is 1.90 bits per heavy atom. The predicted molar refractivity (Wildman–Crippen MR) is 156 cm³/mol. The molecule has 0 bridgehead atoms. The number of carbonyl (C=O) groups excluding carboxylic acids is 1. The molecule has 208 valence electrons. The Kier molecular flexibility index (Phi) is 8.24. The first-order valence-corrected chi connectivity index (χ1v) is 15.0. The normalized spacial score (nSPS) is 17.8. The number of thiazole rings is 1. The molecule has 39 heavy (non-hydrogen) atoms. The number of benzene rings is 1. The van der Waals surface area contributed by atoms with Gasteiger partial charge in [0, 0.05) is 41.5 Å². The third kappa shape index (κ3) is 5.68. The van der Waals surface area contributed by atoms with Gasteiger partial charge in [-0.25, -0.2) is 9.78 Å². The zero-order valence-corrected chi connectivity index (χ0v) is 24.4. The molecule has 0 N–H and O–H groups in total. The molecule has 1 saturated heterocycles. The molecular formula is C31H39N3O4S. The highest BCUT2D eigenvalue weighted by atomic mass is 32.1. The van der Waals surface area contributed by atoms with E-state index in [0.29, 0.717) is 24.5 Å². The van der Waals surface area contributed by atoms with Crippen LogP contribution in [0.5, 0.6) is 5.75 Å². The Morgan fingerprint density at radius 1 is 1.13 bits per heavy atom. The lowest BCUT2D eigenvalue weighted by molar-refractivity contribution is 0.0523. The fourth-order valence-corrected chi connectivity index (χ4v) is 6.46. The molecule has 2 aliphatic rings. The summed E-state index contributed by atoms with van der Waals surface area (Å²) in [7, 11) is 0. The number of piperidine rings is 1. The second-order valence-corrected chi connectivity index (χ2v) is 12.2. The Balaban J connectivity index is 1.52. The van der Waals surface area contributed by atoms with E-state index in [9.17, 15) is 9.59 Å². The molecule has 0 saturated carbocycles. The average molecular weight is 550 g/mol. The predicted octanol–water partition coefficient (Wildman–Crippen LogP) is 6.07. The van der Waals surface area contributed by atoms with Gasteiger partial charge in [0.15, 0.2) is 5.43 Å². The topological polar surface area (TPSA) is 73.7 Å². The highest BCUT2D eigenvalue weighted by Crippen LogP contribution is 2.43. The first kappa shape index (κ1) is 27.6. The standard InChI is InChI=1S/C31H39N3O4S/c1-6-37-31(36)25-17-34-26(19(2)3)13-22-14-29(38-18-21-7-10-33(11-8-21)20(4)5)24(30-32-9-12-39-30)15-23(22)27(34)16-28(25)35/h9,12,14-17,19-21,26H,6-8,10-11,13,18H2,1-5H3. The summed E-state index contributed by atoms with van der Waals surface area (Å²) in [5, 5.41) is 2.87. The first-order valence-electron chi connectivity index (χ1n) is 14.1. The third-order valence-electron chi connectivity index (χ3n) is 8.13. The minimum absolute atomic E-state index is 0.0818. The summed E-state index contributed by atoms with van der Waals surface area (Å²) >= 11 is 1.58. The van der Waals surface area contributed by atoms with Gasteiger partial charge in [0.1, 0.15) is 16.3 Å². The Bertz CT molecular complexity index is 1370. The lowest BCUT2D eigenvalue weighted by atomic mass is 9.86. The van der Waals surface area contributed by atoms with Crippen LogP contribution in [0, 0.1) is 11.8 Å². The van der Waals surface area contributed by atoms with Crippen LogP contribution in [0.25, 0.3) is 21.8 Å². The number of esters is 1. The van der Waals surface area contributed by atoms with Crippen molar-refractivity contribution in [2.24, 2.45) is 11.8 Å². The number of hydrogen-bond acceptors (Lipinski definition) is 7. The van der Waals surface area contributed by atoms with Gasteiger partial charge in [0.05, 0.1) is 24.5 Å². The fourth-order valence-electron chi connectivity index (χ4n) is 5.80. The Morgan fingerprint density at radius 3 is 2.54 bits per heavy atom. The summed E-state index contributed by atoms with van der Waals surface area (Å²) in [4.78, 5) is 32.7. The SMILES string of the molecule is CCOC(=O)c1cn2c(cc1=O)-c1cc(-c3nccs3)c(OCC3CCN(C(C)C)CC3)cc1CC2C(C)C. The van der Waals surface area contributed by atoms with E-state index in [0.717, 1.165) is 65.5 Å². The summed E-state index contributed by atoms with van der Waals surface area (Å²) in [6.07, 6.45) is 6.57. The summed E-state index contributed by atoms with van der Waals surface area (Å²) in [6, 6.07) is 6.56. The number of rotatable bonds is 8. The maximum Gasteiger partial charge on any atom is 0.343 e. The van der Waals surface area contributed by atoms with E-state index < -0.39 is 5.97 Å². The molecule has 1 atom stereocenters. The van der Waals surface area contributed by atoms with Crippen molar-refractivity contribution in [3.8, 4) is 27.6 Å². The van der Waals surface area contributed by atoms with Crippen LogP contribution in [0.4, 0.5) is 0 Å². The number of fused-ring (bicyclic) bond motifs is 3. The molecule has 7 nitrogen and oxygen atoms in total. The molecule has 1 unspecified atom stereocenters. The van der Waals surface area contributed by atoms with Crippen molar-refractivity contribution < 1.29 is 14.3 Å². The van der Waals surface area contributed by atoms with E-state index in [4.69, 9.17) is 9.47 Å². The van der Waals surface area contributed by atoms with Crippen LogP contribution in [0.3, 0.4) is 0 Å². The van der Waals surface area contributed by atoms with Gasteiger partial charge in [-0.3, -0.25) is 4.79 Å². The number of hydrogen-bond donors (Lipinski definition) is 0. The molecule has 4 heterocycles. The highest BCUT2D eigenvalue weighted by Gasteiger charge is 2.30. The lowest BCUT2D eigenvalue weighted by Crippen LogP contribution is -2.39. The van der Waals surface area contributed by atoms with Crippen LogP contribution in [-0.4, -0.2) is 52.8 Å². The summed E-state index contributed by atoms with van der Waals surface area (Å²) in [6.45, 7) is 13.8. The molecule has 2 aliphatic heterocycles. The van der Waals surface area contributed by atoms with E-state index in [-0.39, 0.29) is 23.6 Å². The third-order valence-corrected chi connectivity index (χ3v) is 8.94. The molecule has 0 radical (unpaired) electrons. The summed E-state index contributed by atoms with van der Waals surface area (Å²) in [5.41, 5.74) is 3.67. The van der Waals surface area contributed by atoms with Crippen LogP contribution in [0.1, 0.15) is 69.4 Å². The van der Waals surface area contributed by atoms with Crippen LogP contribution in [0.2, 0.25) is 0 Å². The number of ether oxygens (including phenoxy) is 2. The van der Waals surface area contributed by atoms with Gasteiger partial charge in [0.25, 0.3) is 0 Å². The smallest absolute Gasteiger partial charge is 0.343 e. The second-order valence-electron chi connectivity index (χ2n) is 11.3. The van der Waals surface area contributed by atoms with E-state index in [2.05, 4.69) is 54.3 Å². The van der Waals surface area contributed by atoms with Gasteiger partial charge < -0.3 is 18.9 Å². The number of pyridine rings is 1. The van der Waals surface area contributed by atoms with Crippen LogP contribution < -0.4 is 10.2 Å². The molecule has 5 rings (SSSR count). The van der Waals surface area contributed by atoms with Crippen molar-refractivity contribution in [2.75, 3.05) is 26.3 Å². The van der Waals surface area contributed by atoms with Crippen molar-refractivity contribution in [3.63, 3.8) is 0 Å². The first-order chi connectivity index (χ1) is 18.8. The van der Waals surface area contributed by atoms with Gasteiger partial charge in [-0.2, -0.15) is 0 Å². The minimum atomic E-state index is -0.572. The summed E-state index contributed by atoms with van der Waals surface area (Å²) < 4.78 is 13.8. The molecule has 0 spiro atoms. The molecular weight excluding hydrogens is 510 g/mol. The molecule has 2 aromatic heterocycles. The number of nitrogens with zero attached hydrogens (tertiary/aromatic N) is 3. The Hall–Kier alpha value is -2.97. The van der Waals surface area contributed by atoms with Gasteiger partial charge >= 0.3 is 5.97 Å². The average Bonchev–Trinajstić information content (AvgIpc) is 3.45. The van der Waals surface area contributed by atoms with E-state index in [1.54, 1.807) is 30.5 Å². The maximum atomic E-state index is 13.1. The highest BCUT2D eigenvalue weighted by molar-refractivity contribution is 7.13. The fraction of sp³-hybridized carbons (Fsp3) is 0.516. The number of likely N-dealkylation sites (tertiary alicyclic amines) is 1. The molecule has 1 aromatic carbocycles. The zero-order chi connectivity index (χ0) is 27.7. The van der Waals surface area contributed by atoms with Crippen LogP contribution in [-0.2, 0) is 11.2 Å². The number of carbonyl (C=O) groups is 1. The molecule has 8 heteroatoms. The zero-order valence-electron chi connectivity index (χ0n) is 23.6. The van der Waals surface area contributed by atoms with Crippen LogP contribution in [0.15, 0.2) is 40.8 Å². The van der Waals surface area contributed by atoms with Crippen molar-refractivity contribution in [1.29, 1.82) is 0 Å². The van der Waals surface area contributed by atoms with Crippen LogP contribution >= 0.6 is 11.3 Å². The largest absolute Gasteiger partial charge is 0.493 e.